The lowest BCUT2D eigenvalue weighted by Gasteiger charge is -2.17. The number of hydrogen-bond acceptors (Lipinski definition) is 4. The number of carbonyl (C=O) groups is 2. The van der Waals surface area contributed by atoms with Crippen LogP contribution < -0.4 is 5.32 Å². The van der Waals surface area contributed by atoms with Crippen molar-refractivity contribution >= 4 is 12.1 Å². The van der Waals surface area contributed by atoms with Crippen LogP contribution in [0.4, 0.5) is 4.79 Å². The molecule has 0 aliphatic carbocycles. The summed E-state index contributed by atoms with van der Waals surface area (Å²) >= 11 is 0. The van der Waals surface area contributed by atoms with Crippen LogP contribution in [0.1, 0.15) is 29.3 Å². The quantitative estimate of drug-likeness (QED) is 0.856. The molecule has 120 valence electrons. The molecule has 2 aromatic rings. The molecule has 1 heterocycles. The van der Waals surface area contributed by atoms with E-state index in [1.807, 2.05) is 37.3 Å². The maximum atomic E-state index is 11.9. The highest BCUT2D eigenvalue weighted by atomic mass is 16.5. The van der Waals surface area contributed by atoms with Gasteiger partial charge in [-0.1, -0.05) is 36.4 Å². The average molecular weight is 314 g/mol. The van der Waals surface area contributed by atoms with E-state index in [9.17, 15) is 9.59 Å². The van der Waals surface area contributed by atoms with Crippen LogP contribution in [0.5, 0.6) is 0 Å². The van der Waals surface area contributed by atoms with Crippen LogP contribution in [0.3, 0.4) is 0 Å². The number of rotatable bonds is 6. The molecule has 6 nitrogen and oxygen atoms in total. The monoisotopic (exact) mass is 314 g/mol. The first kappa shape index (κ1) is 16.5. The Balaban J connectivity index is 1.98. The van der Waals surface area contributed by atoms with Crippen LogP contribution in [-0.2, 0) is 16.1 Å². The molecule has 0 saturated heterocycles. The second-order valence-corrected chi connectivity index (χ2v) is 5.09. The van der Waals surface area contributed by atoms with Crippen molar-refractivity contribution in [3.63, 3.8) is 0 Å². The number of ether oxygens (including phenoxy) is 1. The van der Waals surface area contributed by atoms with E-state index in [0.717, 1.165) is 11.3 Å². The van der Waals surface area contributed by atoms with Gasteiger partial charge >= 0.3 is 12.1 Å². The van der Waals surface area contributed by atoms with E-state index in [-0.39, 0.29) is 13.0 Å². The molecular formula is C17H18N2O4. The van der Waals surface area contributed by atoms with Gasteiger partial charge in [0.1, 0.15) is 6.61 Å². The Bertz CT molecular complexity index is 656. The molecule has 0 spiro atoms. The number of amides is 1. The first-order valence-corrected chi connectivity index (χ1v) is 7.16. The average Bonchev–Trinajstić information content (AvgIpc) is 2.53. The highest BCUT2D eigenvalue weighted by molar-refractivity contribution is 5.71. The summed E-state index contributed by atoms with van der Waals surface area (Å²) in [5, 5.41) is 11.6. The second kappa shape index (κ2) is 7.93. The zero-order valence-electron chi connectivity index (χ0n) is 12.7. The number of nitrogens with zero attached hydrogens (tertiary/aromatic N) is 1. The minimum absolute atomic E-state index is 0.124. The number of hydrogen-bond donors (Lipinski definition) is 2. The fourth-order valence-corrected chi connectivity index (χ4v) is 2.02. The summed E-state index contributed by atoms with van der Waals surface area (Å²) < 4.78 is 5.12. The van der Waals surface area contributed by atoms with Gasteiger partial charge in [-0.3, -0.25) is 9.78 Å². The first-order valence-electron chi connectivity index (χ1n) is 7.16. The molecule has 0 saturated carbocycles. The van der Waals surface area contributed by atoms with Crippen LogP contribution in [0.15, 0.2) is 48.7 Å². The van der Waals surface area contributed by atoms with Gasteiger partial charge < -0.3 is 15.2 Å². The van der Waals surface area contributed by atoms with Gasteiger partial charge in [0.15, 0.2) is 0 Å². The number of aromatic nitrogens is 1. The van der Waals surface area contributed by atoms with E-state index in [1.54, 1.807) is 18.3 Å². The van der Waals surface area contributed by atoms with Gasteiger partial charge in [0.05, 0.1) is 12.5 Å². The van der Waals surface area contributed by atoms with Crippen molar-refractivity contribution in [3.8, 4) is 0 Å². The maximum Gasteiger partial charge on any atom is 0.407 e. The lowest BCUT2D eigenvalue weighted by Crippen LogP contribution is -2.30. The zero-order valence-corrected chi connectivity index (χ0v) is 12.7. The molecule has 1 aromatic heterocycles. The molecule has 2 rings (SSSR count). The van der Waals surface area contributed by atoms with E-state index in [2.05, 4.69) is 10.3 Å². The molecule has 0 aliphatic heterocycles. The molecule has 2 N–H and O–H groups in total. The number of aliphatic carboxylic acids is 1. The Kier molecular flexibility index (Phi) is 5.68. The van der Waals surface area contributed by atoms with Crippen LogP contribution in [-0.4, -0.2) is 22.2 Å². The highest BCUT2D eigenvalue weighted by Gasteiger charge is 2.19. The molecule has 1 aromatic carbocycles. The van der Waals surface area contributed by atoms with Gasteiger partial charge in [-0.05, 0) is 24.1 Å². The summed E-state index contributed by atoms with van der Waals surface area (Å²) in [7, 11) is 0. The largest absolute Gasteiger partial charge is 0.481 e. The molecule has 1 atom stereocenters. The van der Waals surface area contributed by atoms with Crippen molar-refractivity contribution in [1.82, 2.24) is 10.3 Å². The van der Waals surface area contributed by atoms with Gasteiger partial charge in [-0.15, -0.1) is 0 Å². The summed E-state index contributed by atoms with van der Waals surface area (Å²) in [4.78, 5) is 27.0. The molecule has 0 unspecified atom stereocenters. The number of nitrogens with one attached hydrogen (secondary N) is 1. The smallest absolute Gasteiger partial charge is 0.407 e. The Morgan fingerprint density at radius 2 is 1.96 bits per heavy atom. The first-order chi connectivity index (χ1) is 11.0. The van der Waals surface area contributed by atoms with Gasteiger partial charge in [-0.25, -0.2) is 4.79 Å². The van der Waals surface area contributed by atoms with Crippen molar-refractivity contribution in [3.05, 3.63) is 65.5 Å². The molecule has 0 bridgehead atoms. The summed E-state index contributed by atoms with van der Waals surface area (Å²) in [5.41, 5.74) is 2.29. The van der Waals surface area contributed by atoms with Crippen LogP contribution in [0, 0.1) is 6.92 Å². The Morgan fingerprint density at radius 1 is 1.22 bits per heavy atom. The van der Waals surface area contributed by atoms with E-state index in [4.69, 9.17) is 9.84 Å². The number of carboxylic acid groups (broad SMARTS) is 1. The number of alkyl carbamates (subject to hydrolysis) is 1. The molecule has 23 heavy (non-hydrogen) atoms. The van der Waals surface area contributed by atoms with Gasteiger partial charge in [0.25, 0.3) is 0 Å². The Hall–Kier alpha value is -2.89. The number of carboxylic acids is 1. The third-order valence-corrected chi connectivity index (χ3v) is 3.22. The topological polar surface area (TPSA) is 88.5 Å². The Labute approximate surface area is 134 Å². The standard InChI is InChI=1S/C17H18N2O4/c1-12-7-8-14(10-18-12)15(9-16(20)21)19-17(22)23-11-13-5-3-2-4-6-13/h2-8,10,15H,9,11H2,1H3,(H,19,22)(H,20,21)/t15-/m1/s1. The van der Waals surface area contributed by atoms with E-state index in [0.29, 0.717) is 5.56 Å². The van der Waals surface area contributed by atoms with Crippen molar-refractivity contribution in [2.75, 3.05) is 0 Å². The van der Waals surface area contributed by atoms with E-state index >= 15 is 0 Å². The van der Waals surface area contributed by atoms with Crippen molar-refractivity contribution < 1.29 is 19.4 Å². The van der Waals surface area contributed by atoms with Gasteiger partial charge in [0.2, 0.25) is 0 Å². The molecule has 6 heteroatoms. The van der Waals surface area contributed by atoms with Crippen LogP contribution in [0.25, 0.3) is 0 Å². The maximum absolute atomic E-state index is 11.9. The number of carbonyl (C=O) groups excluding carboxylic acids is 1. The van der Waals surface area contributed by atoms with Crippen molar-refractivity contribution in [2.45, 2.75) is 26.0 Å². The molecule has 0 aliphatic rings. The summed E-state index contributed by atoms with van der Waals surface area (Å²) in [6, 6.07) is 12.1. The number of benzene rings is 1. The van der Waals surface area contributed by atoms with Crippen molar-refractivity contribution in [2.24, 2.45) is 0 Å². The lowest BCUT2D eigenvalue weighted by atomic mass is 10.1. The summed E-state index contributed by atoms with van der Waals surface area (Å²) in [6.45, 7) is 1.95. The van der Waals surface area contributed by atoms with Crippen LogP contribution >= 0.6 is 0 Å². The highest BCUT2D eigenvalue weighted by Crippen LogP contribution is 2.16. The predicted octanol–water partition coefficient (Wildman–Crippen LogP) is 2.83. The van der Waals surface area contributed by atoms with E-state index in [1.165, 1.54) is 0 Å². The lowest BCUT2D eigenvalue weighted by molar-refractivity contribution is -0.137. The normalized spacial score (nSPS) is 11.5. The van der Waals surface area contributed by atoms with E-state index < -0.39 is 18.1 Å². The predicted molar refractivity (Wildman–Crippen MR) is 83.7 cm³/mol. The third-order valence-electron chi connectivity index (χ3n) is 3.22. The molecule has 1 amide bonds. The number of pyridine rings is 1. The minimum Gasteiger partial charge on any atom is -0.481 e. The van der Waals surface area contributed by atoms with Gasteiger partial charge in [0, 0.05) is 11.9 Å². The summed E-state index contributed by atoms with van der Waals surface area (Å²) in [5.74, 6) is -1.01. The molecular weight excluding hydrogens is 296 g/mol. The fraction of sp³-hybridized carbons (Fsp3) is 0.235. The van der Waals surface area contributed by atoms with Crippen LogP contribution in [0.2, 0.25) is 0 Å². The number of aryl methyl sites for hydroxylation is 1. The summed E-state index contributed by atoms with van der Waals surface area (Å²) in [6.07, 6.45) is 0.645. The SMILES string of the molecule is Cc1ccc([C@@H](CC(=O)O)NC(=O)OCc2ccccc2)cn1. The third kappa shape index (κ3) is 5.43. The Morgan fingerprint density at radius 3 is 2.57 bits per heavy atom. The van der Waals surface area contributed by atoms with Crippen molar-refractivity contribution in [1.29, 1.82) is 0 Å². The molecule has 0 fully saturated rings. The van der Waals surface area contributed by atoms with Gasteiger partial charge in [-0.2, -0.15) is 0 Å². The zero-order chi connectivity index (χ0) is 16.7. The minimum atomic E-state index is -1.01. The molecule has 0 radical (unpaired) electrons. The second-order valence-electron chi connectivity index (χ2n) is 5.09. The fourth-order valence-electron chi connectivity index (χ4n) is 2.02.